The minimum atomic E-state index is -1.92. The van der Waals surface area contributed by atoms with E-state index >= 15 is 0 Å². The molecule has 36 heteroatoms. The molecule has 0 aromatic carbocycles. The molecule has 0 aliphatic carbocycles. The Kier molecular flexibility index (Phi) is 33.2. The smallest absolute Gasteiger partial charge is 0.326 e. The van der Waals surface area contributed by atoms with Crippen molar-refractivity contribution in [3.05, 3.63) is 0 Å². The molecule has 13 amide bonds. The first kappa shape index (κ1) is 82.1. The van der Waals surface area contributed by atoms with Gasteiger partial charge in [-0.05, 0) is 115 Å². The summed E-state index contributed by atoms with van der Waals surface area (Å²) in [7, 11) is 0. The highest BCUT2D eigenvalue weighted by Crippen LogP contribution is 2.25. The number of hydrogen-bond acceptors (Lipinski definition) is 19. The molecule has 0 spiro atoms. The van der Waals surface area contributed by atoms with Crippen LogP contribution in [-0.4, -0.2) is 241 Å². The number of primary amides is 1. The largest absolute Gasteiger partial charge is 0.481 e. The number of carbonyl (C=O) groups excluding carboxylic acids is 13. The monoisotopic (exact) mass is 1380 g/mol. The van der Waals surface area contributed by atoms with E-state index < -0.39 is 230 Å². The van der Waals surface area contributed by atoms with Gasteiger partial charge in [0, 0.05) is 32.5 Å². The van der Waals surface area contributed by atoms with E-state index in [4.69, 9.17) is 22.3 Å². The summed E-state index contributed by atoms with van der Waals surface area (Å²) in [5.74, 6) is -18.5. The van der Waals surface area contributed by atoms with Crippen molar-refractivity contribution in [2.24, 2.45) is 35.0 Å². The minimum absolute atomic E-state index is 0.0217. The third-order valence-electron chi connectivity index (χ3n) is 16.7. The van der Waals surface area contributed by atoms with Gasteiger partial charge in [-0.2, -0.15) is 0 Å². The Bertz CT molecular complexity index is 2890. The van der Waals surface area contributed by atoms with Crippen LogP contribution in [0.3, 0.4) is 0 Å². The summed E-state index contributed by atoms with van der Waals surface area (Å²) in [6.45, 7) is 12.9. The molecular formula is C61H99N15O21. The standard InChI is InChI=1S/C61H99N15O21/c1-29(2)26-38(53(88)72-47(30(3)4)57(92)68-35(14-9-10-22-62)51(86)67-36(18-20-43(64)77)52(87)71-39(61(96)97)28-46(82)83)70-55(90)41-16-13-25-76(41)60(95)48(31(5)6)73-56(91)42-17-12-24-75(42)59(94)37(19-21-44(78)79)69-50(85)33(8)65-49(84)32(7)66-54(89)40-15-11-23-74(40)58(93)34(63)27-45(80)81/h29-42,47-48H,9-28,62-63H2,1-8H3,(H2,64,77)(H,65,84)(H,66,89)(H,67,86)(H,68,92)(H,69,85)(H,70,90)(H,71,87)(H,72,88)(H,73,91)(H,78,79)(H,80,81)(H,82,83)(H,96,97)/t32-,33-,34-,35-,36-,37-,38-,39-,40-,41-,42-,47-,48-/m0/s1. The number of carbonyl (C=O) groups is 17. The van der Waals surface area contributed by atoms with Gasteiger partial charge in [0.1, 0.15) is 72.5 Å². The number of nitrogens with two attached hydrogens (primary N) is 3. The van der Waals surface area contributed by atoms with Gasteiger partial charge in [-0.25, -0.2) is 4.79 Å². The van der Waals surface area contributed by atoms with Crippen molar-refractivity contribution in [3.8, 4) is 0 Å². The van der Waals surface area contributed by atoms with Crippen molar-refractivity contribution in [1.29, 1.82) is 0 Å². The lowest BCUT2D eigenvalue weighted by atomic mass is 9.98. The van der Waals surface area contributed by atoms with Crippen LogP contribution in [0, 0.1) is 17.8 Å². The fourth-order valence-electron chi connectivity index (χ4n) is 11.4. The lowest BCUT2D eigenvalue weighted by Gasteiger charge is -2.33. The number of unbranched alkanes of at least 4 members (excludes halogenated alkanes) is 1. The number of aliphatic carboxylic acids is 4. The zero-order chi connectivity index (χ0) is 73.3. The number of nitrogens with one attached hydrogen (secondary N) is 9. The molecule has 0 radical (unpaired) electrons. The molecule has 3 fully saturated rings. The molecule has 3 heterocycles. The molecule has 3 rings (SSSR count). The summed E-state index contributed by atoms with van der Waals surface area (Å²) < 4.78 is 0. The summed E-state index contributed by atoms with van der Waals surface area (Å²) in [4.78, 5) is 228. The third-order valence-corrected chi connectivity index (χ3v) is 16.7. The molecular weight excluding hydrogens is 1280 g/mol. The van der Waals surface area contributed by atoms with Crippen molar-refractivity contribution in [3.63, 3.8) is 0 Å². The number of carboxylic acids is 4. The summed E-state index contributed by atoms with van der Waals surface area (Å²) in [6.07, 6.45) is -1.68. The molecule has 13 atom stereocenters. The topological polar surface area (TPSA) is 567 Å². The molecule has 0 bridgehead atoms. The molecule has 97 heavy (non-hydrogen) atoms. The maximum Gasteiger partial charge on any atom is 0.326 e. The number of amides is 13. The Balaban J connectivity index is 1.77. The van der Waals surface area contributed by atoms with Crippen LogP contribution in [0.2, 0.25) is 0 Å². The lowest BCUT2D eigenvalue weighted by molar-refractivity contribution is -0.147. The lowest BCUT2D eigenvalue weighted by Crippen LogP contribution is -2.61. The van der Waals surface area contributed by atoms with Gasteiger partial charge in [0.05, 0.1) is 18.9 Å². The average molecular weight is 1380 g/mol. The summed E-state index contributed by atoms with van der Waals surface area (Å²) in [5, 5.41) is 59.9. The molecule has 3 aliphatic heterocycles. The summed E-state index contributed by atoms with van der Waals surface area (Å²) in [6, 6.07) is -18.0. The summed E-state index contributed by atoms with van der Waals surface area (Å²) in [5.41, 5.74) is 16.7. The van der Waals surface area contributed by atoms with Crippen LogP contribution < -0.4 is 65.1 Å². The molecule has 0 aromatic heterocycles. The Morgan fingerprint density at radius 3 is 1.34 bits per heavy atom. The quantitative estimate of drug-likeness (QED) is 0.0257. The Morgan fingerprint density at radius 2 is 0.856 bits per heavy atom. The molecule has 544 valence electrons. The van der Waals surface area contributed by atoms with Gasteiger partial charge >= 0.3 is 23.9 Å². The maximum atomic E-state index is 14.6. The highest BCUT2D eigenvalue weighted by atomic mass is 16.4. The van der Waals surface area contributed by atoms with Crippen molar-refractivity contribution in [2.75, 3.05) is 26.2 Å². The zero-order valence-corrected chi connectivity index (χ0v) is 56.2. The second kappa shape index (κ2) is 39.2. The van der Waals surface area contributed by atoms with Crippen LogP contribution >= 0.6 is 0 Å². The highest BCUT2D eigenvalue weighted by Gasteiger charge is 2.45. The number of hydrogen-bond donors (Lipinski definition) is 16. The van der Waals surface area contributed by atoms with Crippen LogP contribution in [-0.2, 0) is 81.5 Å². The van der Waals surface area contributed by atoms with Crippen LogP contribution in [0.25, 0.3) is 0 Å². The van der Waals surface area contributed by atoms with Gasteiger partial charge in [-0.1, -0.05) is 41.5 Å². The van der Waals surface area contributed by atoms with E-state index in [1.807, 2.05) is 5.32 Å². The first-order valence-corrected chi connectivity index (χ1v) is 32.7. The van der Waals surface area contributed by atoms with Gasteiger partial charge in [-0.3, -0.25) is 76.7 Å². The van der Waals surface area contributed by atoms with E-state index in [-0.39, 0.29) is 77.0 Å². The van der Waals surface area contributed by atoms with Crippen LogP contribution in [0.1, 0.15) is 158 Å². The van der Waals surface area contributed by atoms with E-state index in [2.05, 4.69) is 42.5 Å². The number of rotatable bonds is 40. The van der Waals surface area contributed by atoms with Gasteiger partial charge in [0.15, 0.2) is 0 Å². The predicted molar refractivity (Wildman–Crippen MR) is 340 cm³/mol. The van der Waals surface area contributed by atoms with Gasteiger partial charge in [-0.15, -0.1) is 0 Å². The second-order valence-corrected chi connectivity index (χ2v) is 25.8. The molecule has 19 N–H and O–H groups in total. The SMILES string of the molecule is CC(C)C[C@H](NC(=O)[C@@H]1CCCN1C(=O)[C@@H](NC(=O)[C@@H]1CCCN1C(=O)[C@H](CCC(=O)O)NC(=O)[C@H](C)NC(=O)[C@H](C)NC(=O)[C@@H]1CCCN1C(=O)[C@@H](N)CC(=O)O)C(C)C)C(=O)N[C@H](C(=O)N[C@@H](CCCCN)C(=O)N[C@@H](CCC(N)=O)C(=O)N[C@@H](CC(=O)O)C(=O)O)C(C)C. The van der Waals surface area contributed by atoms with E-state index in [9.17, 15) is 96.8 Å². The highest BCUT2D eigenvalue weighted by molar-refractivity contribution is 6.00. The molecule has 36 nitrogen and oxygen atoms in total. The van der Waals surface area contributed by atoms with E-state index in [1.54, 1.807) is 41.5 Å². The summed E-state index contributed by atoms with van der Waals surface area (Å²) >= 11 is 0. The first-order valence-electron chi connectivity index (χ1n) is 32.7. The number of carboxylic acid groups (broad SMARTS) is 4. The normalized spacial score (nSPS) is 19.1. The van der Waals surface area contributed by atoms with Crippen LogP contribution in [0.4, 0.5) is 0 Å². The van der Waals surface area contributed by atoms with Crippen LogP contribution in [0.5, 0.6) is 0 Å². The second-order valence-electron chi connectivity index (χ2n) is 25.8. The Hall–Kier alpha value is -9.09. The zero-order valence-electron chi connectivity index (χ0n) is 56.2. The van der Waals surface area contributed by atoms with Crippen molar-refractivity contribution < 1.29 is 102 Å². The fraction of sp³-hybridized carbons (Fsp3) is 0.721. The van der Waals surface area contributed by atoms with Gasteiger partial charge < -0.3 is 100 Å². The van der Waals surface area contributed by atoms with Crippen molar-refractivity contribution in [1.82, 2.24) is 62.6 Å². The fourth-order valence-corrected chi connectivity index (χ4v) is 11.4. The maximum absolute atomic E-state index is 14.6. The molecule has 0 unspecified atom stereocenters. The van der Waals surface area contributed by atoms with E-state index in [0.29, 0.717) is 19.3 Å². The first-order chi connectivity index (χ1) is 45.4. The number of likely N-dealkylation sites (tertiary alicyclic amines) is 3. The average Bonchev–Trinajstić information content (AvgIpc) is 1.74. The van der Waals surface area contributed by atoms with E-state index in [0.717, 1.165) is 9.80 Å². The molecule has 0 aromatic rings. The Morgan fingerprint density at radius 1 is 0.423 bits per heavy atom. The van der Waals surface area contributed by atoms with Gasteiger partial charge in [0.2, 0.25) is 76.8 Å². The van der Waals surface area contributed by atoms with E-state index in [1.165, 1.54) is 18.7 Å². The predicted octanol–water partition coefficient (Wildman–Crippen LogP) is -4.66. The van der Waals surface area contributed by atoms with Crippen molar-refractivity contribution in [2.45, 2.75) is 237 Å². The Labute approximate surface area is 561 Å². The molecule has 3 aliphatic rings. The third kappa shape index (κ3) is 25.8. The van der Waals surface area contributed by atoms with Crippen molar-refractivity contribution >= 4 is 101 Å². The molecule has 3 saturated heterocycles. The molecule has 0 saturated carbocycles. The number of nitrogens with zero attached hydrogens (tertiary/aromatic N) is 3. The van der Waals surface area contributed by atoms with Gasteiger partial charge in [0.25, 0.3) is 0 Å². The minimum Gasteiger partial charge on any atom is -0.481 e. The van der Waals surface area contributed by atoms with Crippen LogP contribution in [0.15, 0.2) is 0 Å².